The van der Waals surface area contributed by atoms with Gasteiger partial charge in [-0.25, -0.2) is 8.42 Å². The van der Waals surface area contributed by atoms with Crippen molar-refractivity contribution in [3.63, 3.8) is 0 Å². The Morgan fingerprint density at radius 3 is 2.31 bits per heavy atom. The Kier molecular flexibility index (Phi) is 4.86. The van der Waals surface area contributed by atoms with Crippen molar-refractivity contribution in [3.05, 3.63) is 47.3 Å². The van der Waals surface area contributed by atoms with Crippen LogP contribution in [0.15, 0.2) is 51.6 Å². The number of fused-ring (bicyclic) bond motifs is 1. The van der Waals surface area contributed by atoms with Crippen LogP contribution >= 0.6 is 11.3 Å². The Bertz CT molecular complexity index is 879. The van der Waals surface area contributed by atoms with Crippen LogP contribution in [-0.2, 0) is 9.84 Å². The highest BCUT2D eigenvalue weighted by molar-refractivity contribution is 7.93. The summed E-state index contributed by atoms with van der Waals surface area (Å²) < 4.78 is 25.6. The first-order chi connectivity index (χ1) is 12.6. The van der Waals surface area contributed by atoms with E-state index in [1.807, 2.05) is 4.90 Å². The van der Waals surface area contributed by atoms with Gasteiger partial charge in [-0.15, -0.1) is 11.3 Å². The molecule has 1 amide bonds. The summed E-state index contributed by atoms with van der Waals surface area (Å²) in [5.74, 6) is 1.27. The standard InChI is InChI=1S/C19H22N2O3S2/c22-19(21-10-8-14-12-20-13-15(14)9-11-21)17-6-7-18(25-17)26(23,24)16-4-2-1-3-5-16/h1-7,14-15,20H,8-13H2/t14-,15+. The van der Waals surface area contributed by atoms with Gasteiger partial charge in [-0.2, -0.15) is 0 Å². The molecule has 0 unspecified atom stereocenters. The molecular formula is C19H22N2O3S2. The molecule has 2 atom stereocenters. The number of nitrogens with one attached hydrogen (secondary N) is 1. The second-order valence-corrected chi connectivity index (χ2v) is 10.2. The first kappa shape index (κ1) is 17.7. The van der Waals surface area contributed by atoms with Crippen LogP contribution in [0.25, 0.3) is 0 Å². The van der Waals surface area contributed by atoms with Crippen LogP contribution in [-0.4, -0.2) is 45.4 Å². The number of carbonyl (C=O) groups is 1. The minimum Gasteiger partial charge on any atom is -0.338 e. The van der Waals surface area contributed by atoms with Crippen LogP contribution in [0.1, 0.15) is 22.5 Å². The third kappa shape index (κ3) is 3.31. The average molecular weight is 391 g/mol. The minimum absolute atomic E-state index is 0.0440. The molecular weight excluding hydrogens is 368 g/mol. The summed E-state index contributed by atoms with van der Waals surface area (Å²) in [6.45, 7) is 3.59. The number of thiophene rings is 1. The summed E-state index contributed by atoms with van der Waals surface area (Å²) >= 11 is 1.07. The summed E-state index contributed by atoms with van der Waals surface area (Å²) in [7, 11) is -3.56. The van der Waals surface area contributed by atoms with Gasteiger partial charge in [0.05, 0.1) is 9.77 Å². The SMILES string of the molecule is O=C(c1ccc(S(=O)(=O)c2ccccc2)s1)N1CC[C@@H]2CNC[C@@H]2CC1. The largest absolute Gasteiger partial charge is 0.338 e. The van der Waals surface area contributed by atoms with Crippen LogP contribution in [0.3, 0.4) is 0 Å². The van der Waals surface area contributed by atoms with Gasteiger partial charge in [0.15, 0.2) is 0 Å². The Balaban J connectivity index is 1.52. The van der Waals surface area contributed by atoms with E-state index >= 15 is 0 Å². The van der Waals surface area contributed by atoms with Crippen molar-refractivity contribution >= 4 is 27.1 Å². The number of carbonyl (C=O) groups excluding carboxylic acids is 1. The van der Waals surface area contributed by atoms with Gasteiger partial charge in [0.2, 0.25) is 9.84 Å². The molecule has 0 aliphatic carbocycles. The number of hydrogen-bond acceptors (Lipinski definition) is 5. The van der Waals surface area contributed by atoms with Crippen LogP contribution in [0, 0.1) is 11.8 Å². The molecule has 1 N–H and O–H groups in total. The first-order valence-electron chi connectivity index (χ1n) is 8.95. The molecule has 0 spiro atoms. The van der Waals surface area contributed by atoms with Gasteiger partial charge in [-0.3, -0.25) is 4.79 Å². The average Bonchev–Trinajstić information content (AvgIpc) is 3.28. The molecule has 7 heteroatoms. The van der Waals surface area contributed by atoms with E-state index in [1.165, 1.54) is 0 Å². The van der Waals surface area contributed by atoms with Crippen LogP contribution in [0.2, 0.25) is 0 Å². The molecule has 2 aliphatic rings. The van der Waals surface area contributed by atoms with E-state index < -0.39 is 9.84 Å². The summed E-state index contributed by atoms with van der Waals surface area (Å²) in [6, 6.07) is 11.6. The molecule has 2 aliphatic heterocycles. The number of rotatable bonds is 3. The van der Waals surface area contributed by atoms with E-state index in [0.29, 0.717) is 16.7 Å². The molecule has 5 nitrogen and oxygen atoms in total. The van der Waals surface area contributed by atoms with Crippen molar-refractivity contribution in [2.24, 2.45) is 11.8 Å². The van der Waals surface area contributed by atoms with Crippen molar-refractivity contribution in [2.45, 2.75) is 21.9 Å². The van der Waals surface area contributed by atoms with Gasteiger partial charge in [-0.05, 0) is 62.0 Å². The van der Waals surface area contributed by atoms with Gasteiger partial charge in [-0.1, -0.05) is 18.2 Å². The molecule has 4 rings (SSSR count). The predicted octanol–water partition coefficient (Wildman–Crippen LogP) is 2.65. The van der Waals surface area contributed by atoms with Crippen LogP contribution < -0.4 is 5.32 Å². The maximum Gasteiger partial charge on any atom is 0.263 e. The highest BCUT2D eigenvalue weighted by Crippen LogP contribution is 2.31. The molecule has 138 valence electrons. The van der Waals surface area contributed by atoms with Gasteiger partial charge >= 0.3 is 0 Å². The number of likely N-dealkylation sites (tertiary alicyclic amines) is 1. The van der Waals surface area contributed by atoms with Gasteiger partial charge in [0.25, 0.3) is 5.91 Å². The zero-order chi connectivity index (χ0) is 18.1. The third-order valence-electron chi connectivity index (χ3n) is 5.42. The van der Waals surface area contributed by atoms with Crippen molar-refractivity contribution in [3.8, 4) is 0 Å². The number of amides is 1. The monoisotopic (exact) mass is 390 g/mol. The summed E-state index contributed by atoms with van der Waals surface area (Å²) in [4.78, 5) is 15.5. The quantitative estimate of drug-likeness (QED) is 0.875. The lowest BCUT2D eigenvalue weighted by Crippen LogP contribution is -2.32. The van der Waals surface area contributed by atoms with E-state index in [-0.39, 0.29) is 15.0 Å². The Hall–Kier alpha value is -1.70. The van der Waals surface area contributed by atoms with E-state index in [0.717, 1.165) is 50.4 Å². The number of benzene rings is 1. The van der Waals surface area contributed by atoms with Gasteiger partial charge in [0, 0.05) is 13.1 Å². The number of sulfone groups is 1. The normalized spacial score (nSPS) is 23.5. The maximum atomic E-state index is 12.9. The van der Waals surface area contributed by atoms with E-state index in [1.54, 1.807) is 42.5 Å². The molecule has 1 aromatic carbocycles. The van der Waals surface area contributed by atoms with Gasteiger partial charge < -0.3 is 10.2 Å². The molecule has 2 fully saturated rings. The fourth-order valence-corrected chi connectivity index (χ4v) is 6.57. The van der Waals surface area contributed by atoms with E-state index in [4.69, 9.17) is 0 Å². The molecule has 0 bridgehead atoms. The fraction of sp³-hybridized carbons (Fsp3) is 0.421. The van der Waals surface area contributed by atoms with Crippen molar-refractivity contribution in [1.29, 1.82) is 0 Å². The molecule has 0 saturated carbocycles. The Morgan fingerprint density at radius 1 is 1.00 bits per heavy atom. The maximum absolute atomic E-state index is 12.9. The zero-order valence-electron chi connectivity index (χ0n) is 14.4. The topological polar surface area (TPSA) is 66.5 Å². The van der Waals surface area contributed by atoms with E-state index in [9.17, 15) is 13.2 Å². The van der Waals surface area contributed by atoms with Crippen molar-refractivity contribution in [2.75, 3.05) is 26.2 Å². The molecule has 2 aromatic rings. The smallest absolute Gasteiger partial charge is 0.263 e. The predicted molar refractivity (Wildman–Crippen MR) is 101 cm³/mol. The lowest BCUT2D eigenvalue weighted by atomic mass is 9.92. The molecule has 0 radical (unpaired) electrons. The first-order valence-corrected chi connectivity index (χ1v) is 11.3. The number of hydrogen-bond donors (Lipinski definition) is 1. The molecule has 1 aromatic heterocycles. The Morgan fingerprint density at radius 2 is 1.65 bits per heavy atom. The summed E-state index contributed by atoms with van der Waals surface area (Å²) in [5.41, 5.74) is 0. The third-order valence-corrected chi connectivity index (χ3v) is 8.75. The molecule has 26 heavy (non-hydrogen) atoms. The van der Waals surface area contributed by atoms with E-state index in [2.05, 4.69) is 5.32 Å². The highest BCUT2D eigenvalue weighted by atomic mass is 32.2. The van der Waals surface area contributed by atoms with Crippen molar-refractivity contribution in [1.82, 2.24) is 10.2 Å². The zero-order valence-corrected chi connectivity index (χ0v) is 16.1. The second kappa shape index (κ2) is 7.13. The Labute approximate surface area is 157 Å². The lowest BCUT2D eigenvalue weighted by Gasteiger charge is -2.20. The molecule has 2 saturated heterocycles. The lowest BCUT2D eigenvalue weighted by molar-refractivity contribution is 0.0763. The van der Waals surface area contributed by atoms with Gasteiger partial charge in [0.1, 0.15) is 4.21 Å². The summed E-state index contributed by atoms with van der Waals surface area (Å²) in [5, 5.41) is 3.44. The minimum atomic E-state index is -3.56. The van der Waals surface area contributed by atoms with Crippen LogP contribution in [0.5, 0.6) is 0 Å². The number of nitrogens with zero attached hydrogens (tertiary/aromatic N) is 1. The highest BCUT2D eigenvalue weighted by Gasteiger charge is 2.32. The fourth-order valence-electron chi connectivity index (χ4n) is 3.87. The van der Waals surface area contributed by atoms with Crippen molar-refractivity contribution < 1.29 is 13.2 Å². The van der Waals surface area contributed by atoms with Crippen LogP contribution in [0.4, 0.5) is 0 Å². The molecule has 3 heterocycles. The summed E-state index contributed by atoms with van der Waals surface area (Å²) in [6.07, 6.45) is 2.04. The second-order valence-electron chi connectivity index (χ2n) is 6.98.